The lowest BCUT2D eigenvalue weighted by Gasteiger charge is -2.12. The molecule has 0 unspecified atom stereocenters. The zero-order valence-electron chi connectivity index (χ0n) is 18.3. The highest BCUT2D eigenvalue weighted by molar-refractivity contribution is 7.92. The quantitative estimate of drug-likeness (QED) is 0.282. The van der Waals surface area contributed by atoms with Crippen molar-refractivity contribution in [2.45, 2.75) is 18.7 Å². The molecule has 0 spiro atoms. The lowest BCUT2D eigenvalue weighted by Crippen LogP contribution is -2.13. The van der Waals surface area contributed by atoms with Crippen molar-refractivity contribution >= 4 is 50.5 Å². The van der Waals surface area contributed by atoms with Crippen LogP contribution in [0.2, 0.25) is 5.02 Å². The maximum absolute atomic E-state index is 13.3. The Morgan fingerprint density at radius 1 is 0.794 bits per heavy atom. The molecule has 0 saturated heterocycles. The third kappa shape index (κ3) is 5.81. The minimum atomic E-state index is -3.92. The van der Waals surface area contributed by atoms with E-state index in [1.165, 1.54) is 5.56 Å². The zero-order chi connectivity index (χ0) is 24.3. The average Bonchev–Trinajstić information content (AvgIpc) is 2.78. The molecule has 3 N–H and O–H groups in total. The Bertz CT molecular complexity index is 1430. The van der Waals surface area contributed by atoms with Crippen molar-refractivity contribution in [1.29, 1.82) is 0 Å². The van der Waals surface area contributed by atoms with Gasteiger partial charge in [-0.15, -0.1) is 0 Å². The molecule has 0 aliphatic heterocycles. The largest absolute Gasteiger partial charge is 0.340 e. The average molecular weight is 498 g/mol. The second kappa shape index (κ2) is 9.66. The Hall–Kier alpha value is -3.69. The fraction of sp³-hybridized carbons (Fsp3) is 0.0833. The topological polar surface area (TPSA) is 96.0 Å². The lowest BCUT2D eigenvalue weighted by atomic mass is 10.2. The number of halogens is 2. The molecule has 0 saturated carbocycles. The number of hydrogen-bond acceptors (Lipinski definition) is 6. The summed E-state index contributed by atoms with van der Waals surface area (Å²) in [5, 5.41) is 6.11. The van der Waals surface area contributed by atoms with E-state index in [4.69, 9.17) is 11.6 Å². The molecule has 1 heterocycles. The van der Waals surface area contributed by atoms with Gasteiger partial charge in [-0.1, -0.05) is 29.3 Å². The molecule has 4 aromatic rings. The first-order valence-corrected chi connectivity index (χ1v) is 12.1. The van der Waals surface area contributed by atoms with E-state index in [9.17, 15) is 12.8 Å². The summed E-state index contributed by atoms with van der Waals surface area (Å²) < 4.78 is 40.9. The lowest BCUT2D eigenvalue weighted by molar-refractivity contribution is 0.599. The van der Waals surface area contributed by atoms with Crippen LogP contribution in [0.5, 0.6) is 0 Å². The van der Waals surface area contributed by atoms with Gasteiger partial charge >= 0.3 is 0 Å². The van der Waals surface area contributed by atoms with Crippen molar-refractivity contribution in [1.82, 2.24) is 9.97 Å². The molecular weight excluding hydrogens is 477 g/mol. The Morgan fingerprint density at radius 3 is 2.09 bits per heavy atom. The zero-order valence-corrected chi connectivity index (χ0v) is 19.9. The van der Waals surface area contributed by atoms with Crippen LogP contribution in [0.4, 0.5) is 33.2 Å². The van der Waals surface area contributed by atoms with Gasteiger partial charge < -0.3 is 10.6 Å². The predicted octanol–water partition coefficient (Wildman–Crippen LogP) is 6.17. The number of nitrogens with zero attached hydrogens (tertiary/aromatic N) is 2. The van der Waals surface area contributed by atoms with Gasteiger partial charge in [0.05, 0.1) is 9.92 Å². The van der Waals surface area contributed by atoms with Crippen LogP contribution in [-0.4, -0.2) is 18.4 Å². The molecule has 7 nitrogen and oxygen atoms in total. The van der Waals surface area contributed by atoms with Crippen molar-refractivity contribution in [2.24, 2.45) is 0 Å². The van der Waals surface area contributed by atoms with Gasteiger partial charge in [0.1, 0.15) is 11.6 Å². The summed E-state index contributed by atoms with van der Waals surface area (Å²) in [6, 6.07) is 19.6. The molecule has 1 aromatic heterocycles. The maximum Gasteiger partial charge on any atom is 0.261 e. The van der Waals surface area contributed by atoms with Gasteiger partial charge in [0.2, 0.25) is 5.95 Å². The summed E-state index contributed by atoms with van der Waals surface area (Å²) in [4.78, 5) is 8.76. The fourth-order valence-corrected chi connectivity index (χ4v) is 4.41. The Kier molecular flexibility index (Phi) is 6.67. The first kappa shape index (κ1) is 23.5. The molecule has 0 fully saturated rings. The van der Waals surface area contributed by atoms with E-state index in [1.807, 2.05) is 44.2 Å². The van der Waals surface area contributed by atoms with Crippen molar-refractivity contribution in [3.8, 4) is 0 Å². The molecule has 0 amide bonds. The molecule has 10 heteroatoms. The van der Waals surface area contributed by atoms with E-state index >= 15 is 0 Å². The van der Waals surface area contributed by atoms with Crippen molar-refractivity contribution < 1.29 is 12.8 Å². The SMILES string of the molecule is Cc1ccc(Nc2cc(C)nc(Nc3ccc(NS(=O)(=O)c4ccc(F)c(Cl)c4)cc3)n2)cc1. The fourth-order valence-electron chi connectivity index (χ4n) is 3.08. The van der Waals surface area contributed by atoms with Gasteiger partial charge in [-0.2, -0.15) is 4.98 Å². The van der Waals surface area contributed by atoms with E-state index in [-0.39, 0.29) is 9.92 Å². The van der Waals surface area contributed by atoms with E-state index in [2.05, 4.69) is 25.3 Å². The van der Waals surface area contributed by atoms with E-state index in [0.29, 0.717) is 23.1 Å². The number of anilines is 5. The molecule has 0 bridgehead atoms. The highest BCUT2D eigenvalue weighted by atomic mass is 35.5. The number of benzene rings is 3. The molecule has 174 valence electrons. The summed E-state index contributed by atoms with van der Waals surface area (Å²) in [6.07, 6.45) is 0. The van der Waals surface area contributed by atoms with Gasteiger partial charge in [0.15, 0.2) is 0 Å². The Morgan fingerprint density at radius 2 is 1.41 bits per heavy atom. The van der Waals surface area contributed by atoms with Gasteiger partial charge in [0.25, 0.3) is 10.0 Å². The Labute approximate surface area is 202 Å². The van der Waals surface area contributed by atoms with Crippen LogP contribution >= 0.6 is 11.6 Å². The molecule has 0 atom stereocenters. The summed E-state index contributed by atoms with van der Waals surface area (Å²) >= 11 is 5.70. The minimum Gasteiger partial charge on any atom is -0.340 e. The van der Waals surface area contributed by atoms with Crippen molar-refractivity contribution in [2.75, 3.05) is 15.4 Å². The maximum atomic E-state index is 13.3. The molecule has 3 aromatic carbocycles. The number of aryl methyl sites for hydroxylation is 2. The number of nitrogens with one attached hydrogen (secondary N) is 3. The van der Waals surface area contributed by atoms with E-state index in [0.717, 1.165) is 29.6 Å². The molecule has 4 rings (SSSR count). The van der Waals surface area contributed by atoms with Gasteiger partial charge in [-0.3, -0.25) is 4.72 Å². The number of aromatic nitrogens is 2. The summed E-state index contributed by atoms with van der Waals surface area (Å²) in [7, 11) is -3.92. The van der Waals surface area contributed by atoms with Crippen LogP contribution in [0.25, 0.3) is 0 Å². The molecule has 0 aliphatic rings. The number of sulfonamides is 1. The second-order valence-corrected chi connectivity index (χ2v) is 9.68. The predicted molar refractivity (Wildman–Crippen MR) is 133 cm³/mol. The minimum absolute atomic E-state index is 0.136. The monoisotopic (exact) mass is 497 g/mol. The molecule has 0 aliphatic carbocycles. The van der Waals surface area contributed by atoms with Crippen LogP contribution < -0.4 is 15.4 Å². The first-order valence-electron chi connectivity index (χ1n) is 10.2. The van der Waals surface area contributed by atoms with E-state index < -0.39 is 15.8 Å². The molecule has 0 radical (unpaired) electrons. The third-order valence-electron chi connectivity index (χ3n) is 4.77. The van der Waals surface area contributed by atoms with Crippen LogP contribution in [0.15, 0.2) is 77.7 Å². The van der Waals surface area contributed by atoms with Crippen LogP contribution in [0.3, 0.4) is 0 Å². The van der Waals surface area contributed by atoms with Gasteiger partial charge in [0, 0.05) is 28.8 Å². The van der Waals surface area contributed by atoms with Crippen molar-refractivity contribution in [3.63, 3.8) is 0 Å². The summed E-state index contributed by atoms with van der Waals surface area (Å²) in [5.74, 6) is 0.344. The van der Waals surface area contributed by atoms with Gasteiger partial charge in [-0.25, -0.2) is 17.8 Å². The van der Waals surface area contributed by atoms with Gasteiger partial charge in [-0.05, 0) is 68.4 Å². The summed E-state index contributed by atoms with van der Waals surface area (Å²) in [5.41, 5.74) is 3.85. The molecule has 34 heavy (non-hydrogen) atoms. The van der Waals surface area contributed by atoms with E-state index in [1.54, 1.807) is 24.3 Å². The second-order valence-electron chi connectivity index (χ2n) is 7.59. The highest BCUT2D eigenvalue weighted by Crippen LogP contribution is 2.24. The Balaban J connectivity index is 1.46. The number of rotatable bonds is 7. The number of hydrogen-bond donors (Lipinski definition) is 3. The summed E-state index contributed by atoms with van der Waals surface area (Å²) in [6.45, 7) is 3.89. The molecular formula is C24H21ClFN5O2S. The normalized spacial score (nSPS) is 11.2. The van der Waals surface area contributed by atoms with Crippen LogP contribution in [0.1, 0.15) is 11.3 Å². The van der Waals surface area contributed by atoms with Crippen molar-refractivity contribution in [3.05, 3.63) is 94.9 Å². The van der Waals surface area contributed by atoms with Crippen LogP contribution in [0, 0.1) is 19.7 Å². The van der Waals surface area contributed by atoms with Crippen LogP contribution in [-0.2, 0) is 10.0 Å². The third-order valence-corrected chi connectivity index (χ3v) is 6.44. The standard InChI is InChI=1S/C24H21ClFN5O2S/c1-15-3-5-17(6-4-15)28-23-13-16(2)27-24(30-23)29-18-7-9-19(10-8-18)31-34(32,33)20-11-12-22(26)21(25)14-20/h3-14,31H,1-2H3,(H2,27,28,29,30). The first-order chi connectivity index (χ1) is 16.2. The highest BCUT2D eigenvalue weighted by Gasteiger charge is 2.16. The smallest absolute Gasteiger partial charge is 0.261 e.